The fourth-order valence-corrected chi connectivity index (χ4v) is 4.54. The molecular formula is C21H29NO6S. The lowest BCUT2D eigenvalue weighted by Gasteiger charge is -2.48. The van der Waals surface area contributed by atoms with E-state index in [2.05, 4.69) is 0 Å². The summed E-state index contributed by atoms with van der Waals surface area (Å²) in [6.07, 6.45) is -1.99. The molecule has 2 amide bonds. The Morgan fingerprint density at radius 2 is 1.69 bits per heavy atom. The van der Waals surface area contributed by atoms with E-state index in [4.69, 9.17) is 14.2 Å². The molecule has 0 aliphatic carbocycles. The van der Waals surface area contributed by atoms with Gasteiger partial charge in [0.15, 0.2) is 6.10 Å². The molecule has 1 fully saturated rings. The zero-order chi connectivity index (χ0) is 21.6. The van der Waals surface area contributed by atoms with Crippen molar-refractivity contribution in [2.75, 3.05) is 5.75 Å². The van der Waals surface area contributed by atoms with Gasteiger partial charge in [-0.2, -0.15) is 0 Å². The normalized spacial score (nSPS) is 26.6. The minimum Gasteiger partial charge on any atom is -0.457 e. The maximum absolute atomic E-state index is 12.4. The highest BCUT2D eigenvalue weighted by Gasteiger charge is 2.51. The molecule has 0 saturated carbocycles. The first kappa shape index (κ1) is 23.4. The number of esters is 1. The highest BCUT2D eigenvalue weighted by atomic mass is 32.2. The molecule has 1 aromatic carbocycles. The van der Waals surface area contributed by atoms with E-state index in [1.807, 2.05) is 37.3 Å². The smallest absolute Gasteiger partial charge is 0.303 e. The zero-order valence-corrected chi connectivity index (χ0v) is 18.3. The number of imide groups is 1. The monoisotopic (exact) mass is 423 g/mol. The van der Waals surface area contributed by atoms with E-state index in [9.17, 15) is 14.4 Å². The summed E-state index contributed by atoms with van der Waals surface area (Å²) in [5, 5.41) is 0. The molecule has 1 aliphatic rings. The second-order valence-electron chi connectivity index (χ2n) is 6.90. The minimum absolute atomic E-state index is 0.275. The van der Waals surface area contributed by atoms with Gasteiger partial charge in [-0.15, -0.1) is 11.8 Å². The van der Waals surface area contributed by atoms with Crippen LogP contribution in [0.4, 0.5) is 0 Å². The predicted octanol–water partition coefficient (Wildman–Crippen LogP) is 2.77. The number of hydrogen-bond donors (Lipinski definition) is 0. The van der Waals surface area contributed by atoms with Gasteiger partial charge in [0, 0.05) is 20.8 Å². The molecule has 1 aromatic rings. The molecule has 5 atom stereocenters. The van der Waals surface area contributed by atoms with Gasteiger partial charge in [-0.05, 0) is 18.2 Å². The highest BCUT2D eigenvalue weighted by Crippen LogP contribution is 2.35. The van der Waals surface area contributed by atoms with Crippen LogP contribution in [-0.4, -0.2) is 58.2 Å². The lowest BCUT2D eigenvalue weighted by Crippen LogP contribution is -2.66. The minimum atomic E-state index is -0.824. The number of ether oxygens (including phenoxy) is 3. The third-order valence-corrected chi connectivity index (χ3v) is 5.69. The van der Waals surface area contributed by atoms with Crippen molar-refractivity contribution in [3.63, 3.8) is 0 Å². The Morgan fingerprint density at radius 1 is 1.07 bits per heavy atom. The molecule has 0 bridgehead atoms. The lowest BCUT2D eigenvalue weighted by molar-refractivity contribution is -0.210. The summed E-state index contributed by atoms with van der Waals surface area (Å²) < 4.78 is 17.8. The first-order valence-electron chi connectivity index (χ1n) is 9.66. The average Bonchev–Trinajstić information content (AvgIpc) is 2.64. The van der Waals surface area contributed by atoms with E-state index in [1.165, 1.54) is 32.5 Å². The molecule has 0 N–H and O–H groups in total. The zero-order valence-electron chi connectivity index (χ0n) is 17.5. The molecule has 0 unspecified atom stereocenters. The Hall–Kier alpha value is -1.90. The van der Waals surface area contributed by atoms with E-state index in [1.54, 1.807) is 6.92 Å². The van der Waals surface area contributed by atoms with Gasteiger partial charge in [-0.1, -0.05) is 37.3 Å². The topological polar surface area (TPSA) is 82.1 Å². The van der Waals surface area contributed by atoms with Crippen LogP contribution < -0.4 is 0 Å². The van der Waals surface area contributed by atoms with Gasteiger partial charge < -0.3 is 14.2 Å². The van der Waals surface area contributed by atoms with Gasteiger partial charge in [-0.25, -0.2) is 0 Å². The van der Waals surface area contributed by atoms with E-state index in [0.717, 1.165) is 16.2 Å². The first-order chi connectivity index (χ1) is 13.8. The Labute approximate surface area is 176 Å². The number of carbonyl (C=O) groups excluding carboxylic acids is 3. The van der Waals surface area contributed by atoms with Gasteiger partial charge in [0.2, 0.25) is 11.8 Å². The van der Waals surface area contributed by atoms with Crippen LogP contribution in [0.1, 0.15) is 40.2 Å². The number of amides is 2. The molecule has 29 heavy (non-hydrogen) atoms. The Morgan fingerprint density at radius 3 is 2.21 bits per heavy atom. The number of thioether (sulfide) groups is 1. The largest absolute Gasteiger partial charge is 0.457 e. The molecule has 7 nitrogen and oxygen atoms in total. The Balaban J connectivity index is 2.43. The lowest BCUT2D eigenvalue weighted by atomic mass is 9.95. The van der Waals surface area contributed by atoms with Crippen LogP contribution >= 0.6 is 11.8 Å². The van der Waals surface area contributed by atoms with Gasteiger partial charge in [0.25, 0.3) is 0 Å². The maximum Gasteiger partial charge on any atom is 0.303 e. The summed E-state index contributed by atoms with van der Waals surface area (Å²) in [6.45, 7) is 7.98. The molecule has 1 aliphatic heterocycles. The molecule has 0 radical (unpaired) electrons. The van der Waals surface area contributed by atoms with Crippen molar-refractivity contribution in [1.82, 2.24) is 4.90 Å². The van der Waals surface area contributed by atoms with Gasteiger partial charge in [0.05, 0.1) is 12.7 Å². The molecule has 2 rings (SSSR count). The molecular weight excluding hydrogens is 394 g/mol. The molecule has 8 heteroatoms. The van der Waals surface area contributed by atoms with Crippen LogP contribution in [0.15, 0.2) is 30.3 Å². The summed E-state index contributed by atoms with van der Waals surface area (Å²) in [5.41, 5.74) is 0.531. The van der Waals surface area contributed by atoms with Crippen LogP contribution in [0.2, 0.25) is 0 Å². The maximum atomic E-state index is 12.4. The summed E-state index contributed by atoms with van der Waals surface area (Å²) in [6, 6.07) is 8.81. The summed E-state index contributed by atoms with van der Waals surface area (Å²) in [5.74, 6) is -0.608. The molecule has 1 saturated heterocycles. The molecule has 0 aromatic heterocycles. The third-order valence-electron chi connectivity index (χ3n) is 4.65. The van der Waals surface area contributed by atoms with Crippen molar-refractivity contribution in [2.24, 2.45) is 0 Å². The van der Waals surface area contributed by atoms with E-state index in [-0.39, 0.29) is 6.61 Å². The van der Waals surface area contributed by atoms with Crippen LogP contribution in [0.5, 0.6) is 0 Å². The quantitative estimate of drug-likeness (QED) is 0.624. The van der Waals surface area contributed by atoms with Gasteiger partial charge in [-0.3, -0.25) is 19.3 Å². The van der Waals surface area contributed by atoms with E-state index >= 15 is 0 Å². The Bertz CT molecular complexity index is 698. The standard InChI is InChI=1S/C21H29NO6S/c1-6-29-21-20(26-12-17-10-8-7-9-11-17)18(22(14(3)23)15(4)24)19(13(2)27-21)28-16(5)25/h7-11,13,18-21H,6,12H2,1-5H3/t13-,18+,19+,20-,21-/m1/s1. The average molecular weight is 424 g/mol. The molecule has 160 valence electrons. The van der Waals surface area contributed by atoms with E-state index in [0.29, 0.717) is 0 Å². The van der Waals surface area contributed by atoms with Crippen LogP contribution in [0, 0.1) is 0 Å². The fraction of sp³-hybridized carbons (Fsp3) is 0.571. The summed E-state index contributed by atoms with van der Waals surface area (Å²) in [7, 11) is 0. The highest BCUT2D eigenvalue weighted by molar-refractivity contribution is 7.99. The van der Waals surface area contributed by atoms with Crippen molar-refractivity contribution in [3.05, 3.63) is 35.9 Å². The Kier molecular flexibility index (Phi) is 8.67. The van der Waals surface area contributed by atoms with Gasteiger partial charge >= 0.3 is 5.97 Å². The molecule has 1 heterocycles. The van der Waals surface area contributed by atoms with Gasteiger partial charge in [0.1, 0.15) is 17.6 Å². The first-order valence-corrected chi connectivity index (χ1v) is 10.7. The van der Waals surface area contributed by atoms with Crippen molar-refractivity contribution in [3.8, 4) is 0 Å². The second kappa shape index (κ2) is 10.8. The van der Waals surface area contributed by atoms with Crippen LogP contribution in [-0.2, 0) is 35.2 Å². The SMILES string of the molecule is CCS[C@H]1O[C@H](C)[C@H](OC(C)=O)[C@H](N(C(C)=O)C(C)=O)[C@H]1OCc1ccccc1. The van der Waals surface area contributed by atoms with Crippen molar-refractivity contribution in [1.29, 1.82) is 0 Å². The number of hydrogen-bond acceptors (Lipinski definition) is 7. The number of rotatable bonds is 7. The number of carbonyl (C=O) groups is 3. The predicted molar refractivity (Wildman–Crippen MR) is 110 cm³/mol. The van der Waals surface area contributed by atoms with Crippen LogP contribution in [0.25, 0.3) is 0 Å². The summed E-state index contributed by atoms with van der Waals surface area (Å²) in [4.78, 5) is 37.6. The number of nitrogens with zero attached hydrogens (tertiary/aromatic N) is 1. The van der Waals surface area contributed by atoms with E-state index < -0.39 is 47.6 Å². The van der Waals surface area contributed by atoms with Crippen molar-refractivity contribution < 1.29 is 28.6 Å². The fourth-order valence-electron chi connectivity index (χ4n) is 3.53. The van der Waals surface area contributed by atoms with Crippen molar-refractivity contribution in [2.45, 2.75) is 71.0 Å². The van der Waals surface area contributed by atoms with Crippen LogP contribution in [0.3, 0.4) is 0 Å². The molecule has 0 spiro atoms. The second-order valence-corrected chi connectivity index (χ2v) is 8.27. The number of benzene rings is 1. The summed E-state index contributed by atoms with van der Waals surface area (Å²) >= 11 is 1.53. The third kappa shape index (κ3) is 6.04. The van der Waals surface area contributed by atoms with Crippen molar-refractivity contribution >= 4 is 29.5 Å².